The van der Waals surface area contributed by atoms with Gasteiger partial charge in [-0.3, -0.25) is 29.4 Å². The fraction of sp³-hybridized carbons (Fsp3) is 0.524. The second kappa shape index (κ2) is 7.38. The Hall–Kier alpha value is -2.85. The number of hydrogen-bond donors (Lipinski definition) is 2. The number of benzene rings is 1. The number of carbonyl (C=O) groups excluding carboxylic acids is 4. The summed E-state index contributed by atoms with van der Waals surface area (Å²) >= 11 is 0. The molecule has 4 amide bonds. The Bertz CT molecular complexity index is 980. The van der Waals surface area contributed by atoms with Crippen LogP contribution in [0.5, 0.6) is 0 Å². The molecule has 4 aliphatic heterocycles. The first-order chi connectivity index (χ1) is 14.9. The molecule has 1 spiro atoms. The Kier molecular flexibility index (Phi) is 4.78. The van der Waals surface area contributed by atoms with Gasteiger partial charge < -0.3 is 15.0 Å². The van der Waals surface area contributed by atoms with E-state index >= 15 is 0 Å². The van der Waals surface area contributed by atoms with E-state index < -0.39 is 35.5 Å². The van der Waals surface area contributed by atoms with E-state index in [1.807, 2.05) is 4.90 Å². The van der Waals surface area contributed by atoms with Gasteiger partial charge in [0.25, 0.3) is 11.8 Å². The van der Waals surface area contributed by atoms with Crippen LogP contribution in [0.4, 0.5) is 10.1 Å². The van der Waals surface area contributed by atoms with E-state index in [1.165, 1.54) is 6.07 Å². The highest BCUT2D eigenvalue weighted by Gasteiger charge is 2.45. The van der Waals surface area contributed by atoms with E-state index in [1.54, 1.807) is 0 Å². The highest BCUT2D eigenvalue weighted by Crippen LogP contribution is 2.35. The van der Waals surface area contributed by atoms with E-state index in [9.17, 15) is 23.6 Å². The number of amides is 4. The lowest BCUT2D eigenvalue weighted by molar-refractivity contribution is -0.136. The van der Waals surface area contributed by atoms with Crippen LogP contribution in [0.15, 0.2) is 12.1 Å². The van der Waals surface area contributed by atoms with Gasteiger partial charge in [-0.1, -0.05) is 0 Å². The number of carbonyl (C=O) groups is 4. The molecule has 5 rings (SSSR count). The lowest BCUT2D eigenvalue weighted by Gasteiger charge is -2.45. The summed E-state index contributed by atoms with van der Waals surface area (Å²) in [6, 6.07) is 1.44. The molecule has 3 saturated heterocycles. The molecule has 0 saturated carbocycles. The number of nitrogens with zero attached hydrogens (tertiary/aromatic N) is 2. The quantitative estimate of drug-likeness (QED) is 0.645. The van der Waals surface area contributed by atoms with Crippen LogP contribution in [-0.4, -0.2) is 73.0 Å². The van der Waals surface area contributed by atoms with Gasteiger partial charge in [0, 0.05) is 31.6 Å². The molecular formula is C21H23FN4O5. The molecule has 4 aliphatic rings. The van der Waals surface area contributed by atoms with Gasteiger partial charge in [-0.05, 0) is 31.4 Å². The number of ether oxygens (including phenoxy) is 1. The van der Waals surface area contributed by atoms with Crippen LogP contribution >= 0.6 is 0 Å². The highest BCUT2D eigenvalue weighted by molar-refractivity contribution is 6.23. The number of halogens is 1. The molecule has 31 heavy (non-hydrogen) atoms. The molecule has 1 aromatic carbocycles. The number of nitrogens with one attached hydrogen (secondary N) is 2. The summed E-state index contributed by atoms with van der Waals surface area (Å²) in [6.07, 6.45) is 1.66. The van der Waals surface area contributed by atoms with Gasteiger partial charge in [0.15, 0.2) is 0 Å². The van der Waals surface area contributed by atoms with Crippen molar-refractivity contribution in [2.24, 2.45) is 0 Å². The summed E-state index contributed by atoms with van der Waals surface area (Å²) in [6.45, 7) is 3.28. The first-order valence-corrected chi connectivity index (χ1v) is 10.5. The molecule has 0 radical (unpaired) electrons. The predicted octanol–water partition coefficient (Wildman–Crippen LogP) is 0.186. The Labute approximate surface area is 177 Å². The van der Waals surface area contributed by atoms with Gasteiger partial charge in [-0.2, -0.15) is 0 Å². The fourth-order valence-electron chi connectivity index (χ4n) is 4.93. The lowest BCUT2D eigenvalue weighted by Crippen LogP contribution is -2.59. The molecule has 1 atom stereocenters. The summed E-state index contributed by atoms with van der Waals surface area (Å²) in [7, 11) is 0. The number of piperidine rings is 2. The molecule has 4 heterocycles. The van der Waals surface area contributed by atoms with Crippen LogP contribution in [0.1, 0.15) is 46.4 Å². The number of fused-ring (bicyclic) bond motifs is 1. The van der Waals surface area contributed by atoms with Crippen molar-refractivity contribution in [2.75, 3.05) is 37.7 Å². The van der Waals surface area contributed by atoms with E-state index in [0.717, 1.165) is 30.4 Å². The summed E-state index contributed by atoms with van der Waals surface area (Å²) in [5.41, 5.74) is 0.213. The maximum atomic E-state index is 15.0. The third kappa shape index (κ3) is 3.30. The van der Waals surface area contributed by atoms with Crippen molar-refractivity contribution in [3.63, 3.8) is 0 Å². The summed E-state index contributed by atoms with van der Waals surface area (Å²) < 4.78 is 20.6. The van der Waals surface area contributed by atoms with Crippen molar-refractivity contribution in [3.05, 3.63) is 29.1 Å². The Balaban J connectivity index is 1.38. The van der Waals surface area contributed by atoms with Crippen LogP contribution in [-0.2, 0) is 14.3 Å². The molecule has 1 unspecified atom stereocenters. The number of morpholine rings is 1. The fourth-order valence-corrected chi connectivity index (χ4v) is 4.93. The van der Waals surface area contributed by atoms with Crippen LogP contribution < -0.4 is 15.5 Å². The largest absolute Gasteiger partial charge is 0.378 e. The van der Waals surface area contributed by atoms with Crippen molar-refractivity contribution >= 4 is 29.3 Å². The minimum atomic E-state index is -1.07. The Morgan fingerprint density at radius 2 is 1.77 bits per heavy atom. The number of hydrogen-bond acceptors (Lipinski definition) is 7. The summed E-state index contributed by atoms with van der Waals surface area (Å²) in [5, 5.41) is 5.67. The van der Waals surface area contributed by atoms with Crippen molar-refractivity contribution in [3.8, 4) is 0 Å². The zero-order valence-electron chi connectivity index (χ0n) is 16.9. The van der Waals surface area contributed by atoms with Crippen LogP contribution in [0.3, 0.4) is 0 Å². The average Bonchev–Trinajstić information content (AvgIpc) is 2.99. The average molecular weight is 430 g/mol. The van der Waals surface area contributed by atoms with Crippen LogP contribution in [0.2, 0.25) is 0 Å². The van der Waals surface area contributed by atoms with Crippen LogP contribution in [0.25, 0.3) is 0 Å². The molecule has 3 fully saturated rings. The molecule has 9 nitrogen and oxygen atoms in total. The van der Waals surface area contributed by atoms with E-state index in [0.29, 0.717) is 26.3 Å². The first-order valence-electron chi connectivity index (χ1n) is 10.5. The van der Waals surface area contributed by atoms with Crippen LogP contribution in [0, 0.1) is 5.82 Å². The van der Waals surface area contributed by atoms with Crippen molar-refractivity contribution in [2.45, 2.75) is 37.3 Å². The van der Waals surface area contributed by atoms with E-state index in [4.69, 9.17) is 4.74 Å². The number of anilines is 1. The van der Waals surface area contributed by atoms with Gasteiger partial charge >= 0.3 is 0 Å². The second-order valence-electron chi connectivity index (χ2n) is 8.54. The van der Waals surface area contributed by atoms with Gasteiger partial charge in [0.2, 0.25) is 11.8 Å². The molecule has 164 valence electrons. The van der Waals surface area contributed by atoms with Gasteiger partial charge in [0.05, 0.1) is 30.0 Å². The van der Waals surface area contributed by atoms with Crippen molar-refractivity contribution < 1.29 is 28.3 Å². The molecule has 0 aliphatic carbocycles. The van der Waals surface area contributed by atoms with E-state index in [-0.39, 0.29) is 35.2 Å². The van der Waals surface area contributed by atoms with Gasteiger partial charge in [-0.15, -0.1) is 0 Å². The second-order valence-corrected chi connectivity index (χ2v) is 8.54. The van der Waals surface area contributed by atoms with Crippen molar-refractivity contribution in [1.82, 2.24) is 15.5 Å². The third-order valence-electron chi connectivity index (χ3n) is 6.69. The number of imide groups is 2. The maximum Gasteiger partial charge on any atom is 0.262 e. The Morgan fingerprint density at radius 3 is 2.42 bits per heavy atom. The molecule has 10 heteroatoms. The summed E-state index contributed by atoms with van der Waals surface area (Å²) in [5.74, 6) is -3.04. The molecular weight excluding hydrogens is 407 g/mol. The smallest absolute Gasteiger partial charge is 0.262 e. The SMILES string of the molecule is O=C1CCC(N2C(=O)c3cc(F)c(N4CCC5(CC4)COCCN5)cc3C2=O)C(=O)N1. The maximum absolute atomic E-state index is 15.0. The first kappa shape index (κ1) is 20.1. The molecule has 1 aromatic rings. The summed E-state index contributed by atoms with van der Waals surface area (Å²) in [4.78, 5) is 52.1. The monoisotopic (exact) mass is 430 g/mol. The minimum Gasteiger partial charge on any atom is -0.378 e. The number of rotatable bonds is 2. The molecule has 2 N–H and O–H groups in total. The highest BCUT2D eigenvalue weighted by atomic mass is 19.1. The normalized spacial score (nSPS) is 25.8. The zero-order chi connectivity index (χ0) is 21.8. The van der Waals surface area contributed by atoms with Crippen molar-refractivity contribution in [1.29, 1.82) is 0 Å². The lowest BCUT2D eigenvalue weighted by atomic mass is 9.87. The van der Waals surface area contributed by atoms with Gasteiger partial charge in [-0.25, -0.2) is 4.39 Å². The third-order valence-corrected chi connectivity index (χ3v) is 6.69. The topological polar surface area (TPSA) is 108 Å². The molecule has 0 aromatic heterocycles. The zero-order valence-corrected chi connectivity index (χ0v) is 16.9. The molecule has 0 bridgehead atoms. The Morgan fingerprint density at radius 1 is 1.06 bits per heavy atom. The van der Waals surface area contributed by atoms with Gasteiger partial charge in [0.1, 0.15) is 11.9 Å². The standard InChI is InChI=1S/C21H23FN4O5/c22-14-9-12-13(20(30)26(19(12)29)15-1-2-17(27)24-18(15)28)10-16(14)25-6-3-21(4-7-25)11-31-8-5-23-21/h9-10,15,23H,1-8,11H2,(H,24,27,28). The minimum absolute atomic E-state index is 0.0384. The predicted molar refractivity (Wildman–Crippen MR) is 106 cm³/mol. The van der Waals surface area contributed by atoms with E-state index in [2.05, 4.69) is 10.6 Å².